The molecule has 40 heavy (non-hydrogen) atoms. The van der Waals surface area contributed by atoms with Crippen LogP contribution >= 0.6 is 0 Å². The van der Waals surface area contributed by atoms with Gasteiger partial charge in [0.05, 0.1) is 6.54 Å². The molecule has 0 fully saturated rings. The van der Waals surface area contributed by atoms with Crippen LogP contribution in [-0.2, 0) is 4.79 Å². The lowest BCUT2D eigenvalue weighted by Crippen LogP contribution is -2.28. The van der Waals surface area contributed by atoms with E-state index in [0.29, 0.717) is 28.5 Å². The van der Waals surface area contributed by atoms with Gasteiger partial charge in [0.25, 0.3) is 5.88 Å². The third-order valence-electron chi connectivity index (χ3n) is 5.51. The van der Waals surface area contributed by atoms with Gasteiger partial charge in [0, 0.05) is 17.3 Å². The summed E-state index contributed by atoms with van der Waals surface area (Å²) < 4.78 is 18.1. The van der Waals surface area contributed by atoms with Crippen molar-refractivity contribution < 1.29 is 19.0 Å². The number of para-hydroxylation sites is 1. The third kappa shape index (κ3) is 5.99. The molecule has 1 aliphatic heterocycles. The number of guanidine groups is 1. The predicted molar refractivity (Wildman–Crippen MR) is 150 cm³/mol. The summed E-state index contributed by atoms with van der Waals surface area (Å²) >= 11 is 0. The van der Waals surface area contributed by atoms with Gasteiger partial charge >= 0.3 is 6.01 Å². The quantitative estimate of drug-likeness (QED) is 0.126. The molecule has 0 radical (unpaired) electrons. The van der Waals surface area contributed by atoms with Gasteiger partial charge in [-0.05, 0) is 55.0 Å². The minimum atomic E-state index is -0.313. The molecule has 13 nitrogen and oxygen atoms in total. The molecule has 0 bridgehead atoms. The number of nitrogen functional groups attached to an aromatic ring is 1. The molecule has 0 unspecified atom stereocenters. The van der Waals surface area contributed by atoms with Gasteiger partial charge in [-0.1, -0.05) is 18.2 Å². The Balaban J connectivity index is 1.54. The molecule has 3 aromatic carbocycles. The van der Waals surface area contributed by atoms with Crippen LogP contribution in [-0.4, -0.2) is 34.2 Å². The number of nitrogens with zero attached hydrogens (tertiary/aromatic N) is 2. The number of carbonyl (C=O) groups excluding carboxylic acids is 1. The molecule has 1 amide bonds. The number of anilines is 3. The smallest absolute Gasteiger partial charge is 0.327 e. The van der Waals surface area contributed by atoms with E-state index in [9.17, 15) is 4.79 Å². The standard InChI is InChI=1S/C27H25N9O4/c1-14-9-16(33-26(30)31)12-18(10-14)39-27-35-24-22(34-21(37)13-32-24)25(36-27)40-20-11-15(23(28)29)7-8-19(20)38-17-5-3-2-4-6-17/h2-12H,13H2,1H3,(H3,28,29)(H,34,37)(H4,30,31,33)(H,32,35,36). The Bertz CT molecular complexity index is 1630. The molecule has 0 aliphatic carbocycles. The summed E-state index contributed by atoms with van der Waals surface area (Å²) in [4.78, 5) is 21.0. The maximum Gasteiger partial charge on any atom is 0.327 e. The van der Waals surface area contributed by atoms with E-state index < -0.39 is 0 Å². The van der Waals surface area contributed by atoms with Crippen LogP contribution in [0.2, 0.25) is 0 Å². The van der Waals surface area contributed by atoms with Gasteiger partial charge in [0.1, 0.15) is 23.0 Å². The van der Waals surface area contributed by atoms with Crippen molar-refractivity contribution >= 4 is 34.9 Å². The second kappa shape index (κ2) is 10.9. The highest BCUT2D eigenvalue weighted by molar-refractivity contribution is 6.01. The van der Waals surface area contributed by atoms with E-state index in [0.717, 1.165) is 5.56 Å². The lowest BCUT2D eigenvalue weighted by Gasteiger charge is -2.21. The number of amidine groups is 1. The molecule has 0 saturated heterocycles. The van der Waals surface area contributed by atoms with Crippen molar-refractivity contribution in [2.75, 3.05) is 22.5 Å². The van der Waals surface area contributed by atoms with E-state index in [1.165, 1.54) is 6.07 Å². The summed E-state index contributed by atoms with van der Waals surface area (Å²) in [5.74, 6) is 0.976. The van der Waals surface area contributed by atoms with Crippen LogP contribution in [0, 0.1) is 17.7 Å². The van der Waals surface area contributed by atoms with Gasteiger partial charge in [-0.2, -0.15) is 9.97 Å². The average Bonchev–Trinajstić information content (AvgIpc) is 2.90. The highest BCUT2D eigenvalue weighted by Gasteiger charge is 2.25. The van der Waals surface area contributed by atoms with Crippen LogP contribution in [0.4, 0.5) is 17.2 Å². The van der Waals surface area contributed by atoms with Gasteiger partial charge in [-0.25, -0.2) is 0 Å². The fourth-order valence-corrected chi connectivity index (χ4v) is 3.83. The molecule has 4 aromatic rings. The van der Waals surface area contributed by atoms with Gasteiger partial charge in [0.15, 0.2) is 23.3 Å². The predicted octanol–water partition coefficient (Wildman–Crippen LogP) is 4.12. The van der Waals surface area contributed by atoms with Crippen LogP contribution in [0.15, 0.2) is 66.7 Å². The molecule has 202 valence electrons. The van der Waals surface area contributed by atoms with Crippen molar-refractivity contribution in [3.63, 3.8) is 0 Å². The molecule has 0 saturated carbocycles. The zero-order valence-corrected chi connectivity index (χ0v) is 21.2. The van der Waals surface area contributed by atoms with Gasteiger partial charge in [0.2, 0.25) is 5.91 Å². The fourth-order valence-electron chi connectivity index (χ4n) is 3.83. The number of nitrogens with two attached hydrogens (primary N) is 2. The summed E-state index contributed by atoms with van der Waals surface area (Å²) in [7, 11) is 0. The molecule has 1 aliphatic rings. The maximum atomic E-state index is 12.2. The first-order chi connectivity index (χ1) is 19.2. The van der Waals surface area contributed by atoms with E-state index in [-0.39, 0.29) is 53.4 Å². The van der Waals surface area contributed by atoms with E-state index in [2.05, 4.69) is 25.9 Å². The summed E-state index contributed by atoms with van der Waals surface area (Å²) in [6.07, 6.45) is 0. The SMILES string of the molecule is Cc1cc(NC(=N)N)cc(Oc2nc3c(c(Oc4cc(C(=N)N)ccc4Oc4ccccc4)n2)NC(=O)CN3)c1. The number of nitrogens with one attached hydrogen (secondary N) is 5. The lowest BCUT2D eigenvalue weighted by molar-refractivity contribution is -0.114. The number of aromatic nitrogens is 2. The number of rotatable bonds is 8. The Morgan fingerprint density at radius 2 is 1.73 bits per heavy atom. The van der Waals surface area contributed by atoms with Gasteiger partial charge in [-0.3, -0.25) is 15.6 Å². The number of aryl methyl sites for hydroxylation is 1. The molecule has 13 heteroatoms. The second-order valence-electron chi connectivity index (χ2n) is 8.70. The van der Waals surface area contributed by atoms with Crippen LogP contribution in [0.1, 0.15) is 11.1 Å². The summed E-state index contributed by atoms with van der Waals surface area (Å²) in [5.41, 5.74) is 13.2. The highest BCUT2D eigenvalue weighted by Crippen LogP contribution is 2.41. The minimum absolute atomic E-state index is 0.0117. The maximum absolute atomic E-state index is 12.2. The monoisotopic (exact) mass is 539 g/mol. The van der Waals surface area contributed by atoms with E-state index in [1.54, 1.807) is 42.5 Å². The van der Waals surface area contributed by atoms with E-state index in [1.807, 2.05) is 25.1 Å². The molecule has 9 N–H and O–H groups in total. The van der Waals surface area contributed by atoms with E-state index in [4.69, 9.17) is 36.5 Å². The van der Waals surface area contributed by atoms with Crippen molar-refractivity contribution in [3.8, 4) is 34.9 Å². The Morgan fingerprint density at radius 1 is 0.925 bits per heavy atom. The Labute approximate surface area is 228 Å². The number of ether oxygens (including phenoxy) is 3. The highest BCUT2D eigenvalue weighted by atomic mass is 16.5. The van der Waals surface area contributed by atoms with Crippen molar-refractivity contribution in [2.45, 2.75) is 6.92 Å². The average molecular weight is 540 g/mol. The number of hydrogen-bond acceptors (Lipinski definition) is 9. The van der Waals surface area contributed by atoms with Crippen LogP contribution < -0.4 is 41.6 Å². The molecule has 5 rings (SSSR count). The minimum Gasteiger partial charge on any atom is -0.453 e. The van der Waals surface area contributed by atoms with Crippen molar-refractivity contribution in [3.05, 3.63) is 77.9 Å². The number of amides is 1. The van der Waals surface area contributed by atoms with Crippen molar-refractivity contribution in [1.29, 1.82) is 10.8 Å². The summed E-state index contributed by atoms with van der Waals surface area (Å²) in [6.45, 7) is 1.84. The van der Waals surface area contributed by atoms with Gasteiger partial charge < -0.3 is 41.6 Å². The molecular formula is C27H25N9O4. The van der Waals surface area contributed by atoms with Crippen LogP contribution in [0.3, 0.4) is 0 Å². The number of hydrogen-bond donors (Lipinski definition) is 7. The third-order valence-corrected chi connectivity index (χ3v) is 5.51. The van der Waals surface area contributed by atoms with Crippen LogP contribution in [0.5, 0.6) is 34.9 Å². The summed E-state index contributed by atoms with van der Waals surface area (Å²) in [5, 5.41) is 23.7. The Hall–Kier alpha value is -5.85. The van der Waals surface area contributed by atoms with Crippen molar-refractivity contribution in [1.82, 2.24) is 9.97 Å². The Morgan fingerprint density at radius 3 is 2.48 bits per heavy atom. The fraction of sp³-hybridized carbons (Fsp3) is 0.0741. The molecule has 0 atom stereocenters. The molecule has 2 heterocycles. The molecule has 0 spiro atoms. The van der Waals surface area contributed by atoms with Gasteiger partial charge in [-0.15, -0.1) is 0 Å². The molecule has 1 aromatic heterocycles. The first kappa shape index (κ1) is 25.8. The number of benzene rings is 3. The zero-order valence-electron chi connectivity index (χ0n) is 21.2. The Kier molecular flexibility index (Phi) is 7.01. The van der Waals surface area contributed by atoms with Crippen molar-refractivity contribution in [2.24, 2.45) is 11.5 Å². The summed E-state index contributed by atoms with van der Waals surface area (Å²) in [6, 6.07) is 19.0. The number of carbonyl (C=O) groups is 1. The first-order valence-electron chi connectivity index (χ1n) is 12.0. The second-order valence-corrected chi connectivity index (χ2v) is 8.70. The normalized spacial score (nSPS) is 11.9. The first-order valence-corrected chi connectivity index (χ1v) is 12.0. The largest absolute Gasteiger partial charge is 0.453 e. The number of fused-ring (bicyclic) bond motifs is 1. The topological polar surface area (TPSA) is 206 Å². The molecular weight excluding hydrogens is 514 g/mol. The zero-order chi connectivity index (χ0) is 28.2. The van der Waals surface area contributed by atoms with Crippen LogP contribution in [0.25, 0.3) is 0 Å². The van der Waals surface area contributed by atoms with E-state index >= 15 is 0 Å². The lowest BCUT2D eigenvalue weighted by atomic mass is 10.2.